The molecule has 3 heterocycles. The third kappa shape index (κ3) is 3.95. The van der Waals surface area contributed by atoms with Crippen LogP contribution in [0.1, 0.15) is 17.6 Å². The van der Waals surface area contributed by atoms with Crippen LogP contribution in [-0.4, -0.2) is 53.8 Å². The molecule has 142 valence electrons. The van der Waals surface area contributed by atoms with Gasteiger partial charge in [0.25, 0.3) is 5.89 Å². The molecule has 9 heteroatoms. The van der Waals surface area contributed by atoms with Crippen molar-refractivity contribution in [3.63, 3.8) is 0 Å². The van der Waals surface area contributed by atoms with Crippen molar-refractivity contribution < 1.29 is 14.0 Å². The highest BCUT2D eigenvalue weighted by Gasteiger charge is 2.25. The fourth-order valence-electron chi connectivity index (χ4n) is 2.96. The van der Waals surface area contributed by atoms with Gasteiger partial charge in [-0.25, -0.2) is 4.98 Å². The van der Waals surface area contributed by atoms with Gasteiger partial charge in [-0.2, -0.15) is 4.98 Å². The van der Waals surface area contributed by atoms with E-state index in [0.29, 0.717) is 29.8 Å². The average molecular weight is 387 g/mol. The molecule has 8 nitrogen and oxygen atoms in total. The molecule has 2 aromatic heterocycles. The first-order valence-electron chi connectivity index (χ1n) is 8.67. The minimum absolute atomic E-state index is 0.110. The van der Waals surface area contributed by atoms with Crippen molar-refractivity contribution in [1.29, 1.82) is 0 Å². The molecule has 0 saturated carbocycles. The topological polar surface area (TPSA) is 85.5 Å². The summed E-state index contributed by atoms with van der Waals surface area (Å²) in [5, 5.41) is 9.48. The number of hydrogen-bond donors (Lipinski definition) is 1. The van der Waals surface area contributed by atoms with E-state index in [0.717, 1.165) is 30.9 Å². The Hall–Kier alpha value is -2.49. The summed E-state index contributed by atoms with van der Waals surface area (Å²) in [7, 11) is 3.68. The van der Waals surface area contributed by atoms with Gasteiger partial charge < -0.3 is 19.3 Å². The number of nitrogens with one attached hydrogen (secondary N) is 1. The van der Waals surface area contributed by atoms with Crippen molar-refractivity contribution in [2.24, 2.45) is 0 Å². The van der Waals surface area contributed by atoms with Crippen molar-refractivity contribution in [3.05, 3.63) is 40.6 Å². The van der Waals surface area contributed by atoms with Crippen LogP contribution >= 0.6 is 11.3 Å². The molecule has 3 aromatic rings. The van der Waals surface area contributed by atoms with E-state index in [-0.39, 0.29) is 6.04 Å². The monoisotopic (exact) mass is 387 g/mol. The Morgan fingerprint density at radius 2 is 2.30 bits per heavy atom. The van der Waals surface area contributed by atoms with Crippen molar-refractivity contribution >= 4 is 11.3 Å². The minimum Gasteiger partial charge on any atom is -0.493 e. The van der Waals surface area contributed by atoms with Gasteiger partial charge in [-0.1, -0.05) is 5.16 Å². The van der Waals surface area contributed by atoms with Gasteiger partial charge in [0.15, 0.2) is 17.3 Å². The van der Waals surface area contributed by atoms with Gasteiger partial charge >= 0.3 is 0 Å². The summed E-state index contributed by atoms with van der Waals surface area (Å²) in [4.78, 5) is 11.0. The third-order valence-electron chi connectivity index (χ3n) is 4.52. The van der Waals surface area contributed by atoms with E-state index in [4.69, 9.17) is 14.0 Å². The zero-order chi connectivity index (χ0) is 18.6. The minimum atomic E-state index is 0.110. The zero-order valence-electron chi connectivity index (χ0n) is 15.2. The lowest BCUT2D eigenvalue weighted by Gasteiger charge is -2.30. The van der Waals surface area contributed by atoms with E-state index < -0.39 is 0 Å². The second-order valence-electron chi connectivity index (χ2n) is 6.29. The van der Waals surface area contributed by atoms with Crippen LogP contribution < -0.4 is 14.8 Å². The van der Waals surface area contributed by atoms with Crippen LogP contribution in [0.5, 0.6) is 11.5 Å². The smallest absolute Gasteiger partial charge is 0.258 e. The Bertz CT molecular complexity index is 883. The summed E-state index contributed by atoms with van der Waals surface area (Å²) < 4.78 is 16.8. The molecular weight excluding hydrogens is 366 g/mol. The largest absolute Gasteiger partial charge is 0.493 e. The predicted molar refractivity (Wildman–Crippen MR) is 101 cm³/mol. The van der Waals surface area contributed by atoms with E-state index in [1.54, 1.807) is 24.0 Å². The highest BCUT2D eigenvalue weighted by molar-refractivity contribution is 7.07. The lowest BCUT2D eigenvalue weighted by molar-refractivity contribution is 0.190. The number of aromatic nitrogens is 3. The number of methoxy groups -OCH3 is 1. The summed E-state index contributed by atoms with van der Waals surface area (Å²) in [5.74, 6) is 2.40. The molecule has 27 heavy (non-hydrogen) atoms. The lowest BCUT2D eigenvalue weighted by atomic mass is 10.2. The molecule has 0 spiro atoms. The fourth-order valence-corrected chi connectivity index (χ4v) is 3.51. The van der Waals surface area contributed by atoms with E-state index in [1.165, 1.54) is 0 Å². The first-order valence-corrected chi connectivity index (χ1v) is 9.61. The van der Waals surface area contributed by atoms with Crippen molar-refractivity contribution in [3.8, 4) is 23.0 Å². The normalized spacial score (nSPS) is 17.8. The summed E-state index contributed by atoms with van der Waals surface area (Å²) in [6.45, 7) is 3.12. The second-order valence-corrected chi connectivity index (χ2v) is 7.01. The predicted octanol–water partition coefficient (Wildman–Crippen LogP) is 2.36. The van der Waals surface area contributed by atoms with Crippen LogP contribution in [0, 0.1) is 0 Å². The second kappa shape index (κ2) is 8.03. The number of thiazole rings is 1. The summed E-state index contributed by atoms with van der Waals surface area (Å²) in [5.41, 5.74) is 3.46. The van der Waals surface area contributed by atoms with E-state index in [2.05, 4.69) is 32.4 Å². The van der Waals surface area contributed by atoms with Gasteiger partial charge in [-0.15, -0.1) is 11.3 Å². The van der Waals surface area contributed by atoms with Crippen LogP contribution in [-0.2, 0) is 6.61 Å². The van der Waals surface area contributed by atoms with E-state index >= 15 is 0 Å². The van der Waals surface area contributed by atoms with Gasteiger partial charge in [0.05, 0.1) is 24.4 Å². The number of benzene rings is 1. The molecule has 1 saturated heterocycles. The molecule has 0 aliphatic carbocycles. The Labute approximate surface area is 161 Å². The van der Waals surface area contributed by atoms with E-state index in [1.807, 2.05) is 23.6 Å². The van der Waals surface area contributed by atoms with Crippen LogP contribution in [0.25, 0.3) is 11.5 Å². The highest BCUT2D eigenvalue weighted by Crippen LogP contribution is 2.33. The van der Waals surface area contributed by atoms with Crippen molar-refractivity contribution in [2.45, 2.75) is 12.6 Å². The van der Waals surface area contributed by atoms with Crippen LogP contribution in [0.15, 0.2) is 33.6 Å². The standard InChI is InChI=1S/C18H21N5O3S/c1-23-6-5-19-8-14(23)17-21-18(26-22-17)12-3-4-15(16(7-12)24-2)25-9-13-10-27-11-20-13/h3-4,7,10-11,14,19H,5-6,8-9H2,1-2H3. The van der Waals surface area contributed by atoms with Crippen LogP contribution in [0.3, 0.4) is 0 Å². The van der Waals surface area contributed by atoms with Gasteiger partial charge in [-0.05, 0) is 25.2 Å². The molecule has 1 aliphatic heterocycles. The number of piperazine rings is 1. The SMILES string of the molecule is COc1cc(-c2nc(C3CNCCN3C)no2)ccc1OCc1cscn1. The number of ether oxygens (including phenoxy) is 2. The molecule has 4 rings (SSSR count). The van der Waals surface area contributed by atoms with Gasteiger partial charge in [0.2, 0.25) is 0 Å². The lowest BCUT2D eigenvalue weighted by Crippen LogP contribution is -2.44. The molecule has 1 aliphatic rings. The maximum Gasteiger partial charge on any atom is 0.258 e. The highest BCUT2D eigenvalue weighted by atomic mass is 32.1. The summed E-state index contributed by atoms with van der Waals surface area (Å²) >= 11 is 1.54. The molecular formula is C18H21N5O3S. The number of likely N-dealkylation sites (N-methyl/N-ethyl adjacent to an activating group) is 1. The molecule has 0 radical (unpaired) electrons. The molecule has 1 aromatic carbocycles. The Morgan fingerprint density at radius 1 is 1.37 bits per heavy atom. The van der Waals surface area contributed by atoms with E-state index in [9.17, 15) is 0 Å². The van der Waals surface area contributed by atoms with Crippen LogP contribution in [0.2, 0.25) is 0 Å². The van der Waals surface area contributed by atoms with Crippen molar-refractivity contribution in [2.75, 3.05) is 33.8 Å². The molecule has 1 unspecified atom stereocenters. The number of hydrogen-bond acceptors (Lipinski definition) is 9. The maximum atomic E-state index is 5.82. The fraction of sp³-hybridized carbons (Fsp3) is 0.389. The number of rotatable bonds is 6. The third-order valence-corrected chi connectivity index (χ3v) is 5.16. The number of nitrogens with zero attached hydrogens (tertiary/aromatic N) is 4. The molecule has 0 amide bonds. The average Bonchev–Trinajstić information content (AvgIpc) is 3.39. The van der Waals surface area contributed by atoms with Gasteiger partial charge in [0, 0.05) is 30.6 Å². The summed E-state index contributed by atoms with van der Waals surface area (Å²) in [6, 6.07) is 5.69. The molecule has 1 atom stereocenters. The zero-order valence-corrected chi connectivity index (χ0v) is 16.0. The first kappa shape index (κ1) is 17.9. The quantitative estimate of drug-likeness (QED) is 0.690. The molecule has 0 bridgehead atoms. The molecule has 1 fully saturated rings. The van der Waals surface area contributed by atoms with Crippen molar-refractivity contribution in [1.82, 2.24) is 25.3 Å². The summed E-state index contributed by atoms with van der Waals surface area (Å²) in [6.07, 6.45) is 0. The van der Waals surface area contributed by atoms with Gasteiger partial charge in [0.1, 0.15) is 6.61 Å². The van der Waals surface area contributed by atoms with Crippen LogP contribution in [0.4, 0.5) is 0 Å². The molecule has 1 N–H and O–H groups in total. The van der Waals surface area contributed by atoms with Gasteiger partial charge in [-0.3, -0.25) is 4.90 Å². The Morgan fingerprint density at radius 3 is 3.07 bits per heavy atom. The maximum absolute atomic E-state index is 5.82. The first-order chi connectivity index (χ1) is 13.2. The Kier molecular flexibility index (Phi) is 5.33. The Balaban J connectivity index is 1.52.